The highest BCUT2D eigenvalue weighted by atomic mass is 32.1. The Kier molecular flexibility index (Phi) is 4.59. The fourth-order valence-corrected chi connectivity index (χ4v) is 3.07. The molecule has 2 aromatic rings. The SMILES string of the molecule is COCC(O)CNC(=O)c1sc2cc(C)ccc2c1N. The number of carbonyl (C=O) groups excluding carboxylic acids is 1. The second kappa shape index (κ2) is 6.21. The Bertz CT molecular complexity index is 624. The summed E-state index contributed by atoms with van der Waals surface area (Å²) in [4.78, 5) is 12.6. The number of carbonyl (C=O) groups is 1. The van der Waals surface area contributed by atoms with Crippen LogP contribution in [-0.2, 0) is 4.74 Å². The van der Waals surface area contributed by atoms with Crippen molar-refractivity contribution >= 4 is 33.0 Å². The molecule has 108 valence electrons. The second-order valence-corrected chi connectivity index (χ2v) is 5.72. The number of nitrogens with one attached hydrogen (secondary N) is 1. The van der Waals surface area contributed by atoms with Gasteiger partial charge in [0.1, 0.15) is 4.88 Å². The highest BCUT2D eigenvalue weighted by molar-refractivity contribution is 7.21. The van der Waals surface area contributed by atoms with Crippen LogP contribution in [0.3, 0.4) is 0 Å². The van der Waals surface area contributed by atoms with E-state index in [4.69, 9.17) is 10.5 Å². The van der Waals surface area contributed by atoms with E-state index in [0.717, 1.165) is 15.6 Å². The molecule has 0 fully saturated rings. The number of aryl methyl sites for hydroxylation is 1. The Labute approximate surface area is 121 Å². The van der Waals surface area contributed by atoms with Crippen LogP contribution in [0, 0.1) is 6.92 Å². The topological polar surface area (TPSA) is 84.6 Å². The second-order valence-electron chi connectivity index (χ2n) is 4.66. The van der Waals surface area contributed by atoms with Crippen LogP contribution in [-0.4, -0.2) is 37.4 Å². The third-order valence-corrected chi connectivity index (χ3v) is 4.11. The summed E-state index contributed by atoms with van der Waals surface area (Å²) in [6.07, 6.45) is -0.721. The van der Waals surface area contributed by atoms with Gasteiger partial charge in [0.15, 0.2) is 0 Å². The molecule has 20 heavy (non-hydrogen) atoms. The lowest BCUT2D eigenvalue weighted by Crippen LogP contribution is -2.34. The lowest BCUT2D eigenvalue weighted by atomic mass is 10.1. The zero-order chi connectivity index (χ0) is 14.7. The van der Waals surface area contributed by atoms with Gasteiger partial charge in [-0.1, -0.05) is 12.1 Å². The molecule has 0 saturated carbocycles. The number of methoxy groups -OCH3 is 1. The number of anilines is 1. The molecule has 5 nitrogen and oxygen atoms in total. The molecular formula is C14H18N2O3S. The Morgan fingerprint density at radius 2 is 2.30 bits per heavy atom. The Morgan fingerprint density at radius 3 is 3.00 bits per heavy atom. The van der Waals surface area contributed by atoms with Gasteiger partial charge in [-0.15, -0.1) is 11.3 Å². The first kappa shape index (κ1) is 14.8. The molecule has 1 aromatic carbocycles. The first-order chi connectivity index (χ1) is 9.52. The van der Waals surface area contributed by atoms with E-state index in [1.54, 1.807) is 0 Å². The smallest absolute Gasteiger partial charge is 0.263 e. The van der Waals surface area contributed by atoms with E-state index in [1.165, 1.54) is 18.4 Å². The van der Waals surface area contributed by atoms with Crippen LogP contribution in [0.25, 0.3) is 10.1 Å². The third kappa shape index (κ3) is 3.09. The molecule has 0 spiro atoms. The fourth-order valence-electron chi connectivity index (χ4n) is 1.93. The molecule has 0 saturated heterocycles. The number of hydrogen-bond acceptors (Lipinski definition) is 5. The van der Waals surface area contributed by atoms with Crippen molar-refractivity contribution in [1.29, 1.82) is 0 Å². The van der Waals surface area contributed by atoms with Gasteiger partial charge in [-0.05, 0) is 18.6 Å². The minimum absolute atomic E-state index is 0.138. The largest absolute Gasteiger partial charge is 0.397 e. The number of hydrogen-bond donors (Lipinski definition) is 3. The number of nitrogens with two attached hydrogens (primary N) is 1. The van der Waals surface area contributed by atoms with Gasteiger partial charge in [-0.2, -0.15) is 0 Å². The predicted octanol–water partition coefficient (Wildman–Crippen LogP) is 1.53. The molecule has 4 N–H and O–H groups in total. The Balaban J connectivity index is 2.16. The highest BCUT2D eigenvalue weighted by Gasteiger charge is 2.17. The van der Waals surface area contributed by atoms with Crippen molar-refractivity contribution in [2.24, 2.45) is 0 Å². The minimum atomic E-state index is -0.721. The Morgan fingerprint density at radius 1 is 1.55 bits per heavy atom. The monoisotopic (exact) mass is 294 g/mol. The van der Waals surface area contributed by atoms with Crippen LogP contribution >= 0.6 is 11.3 Å². The first-order valence-corrected chi connectivity index (χ1v) is 7.08. The number of thiophene rings is 1. The highest BCUT2D eigenvalue weighted by Crippen LogP contribution is 2.34. The average Bonchev–Trinajstić information content (AvgIpc) is 2.73. The lowest BCUT2D eigenvalue weighted by Gasteiger charge is -2.10. The maximum atomic E-state index is 12.1. The van der Waals surface area contributed by atoms with Gasteiger partial charge in [0.05, 0.1) is 18.4 Å². The standard InChI is InChI=1S/C14H18N2O3S/c1-8-3-4-10-11(5-8)20-13(12(10)15)14(18)16-6-9(17)7-19-2/h3-5,9,17H,6-7,15H2,1-2H3,(H,16,18). The average molecular weight is 294 g/mol. The number of ether oxygens (including phenoxy) is 1. The summed E-state index contributed by atoms with van der Waals surface area (Å²) in [5.74, 6) is -0.267. The summed E-state index contributed by atoms with van der Waals surface area (Å²) in [5, 5.41) is 13.1. The number of fused-ring (bicyclic) bond motifs is 1. The van der Waals surface area contributed by atoms with Crippen LogP contribution in [0.5, 0.6) is 0 Å². The number of aliphatic hydroxyl groups is 1. The van der Waals surface area contributed by atoms with Gasteiger partial charge in [0.2, 0.25) is 0 Å². The van der Waals surface area contributed by atoms with Crippen molar-refractivity contribution in [1.82, 2.24) is 5.32 Å². The molecule has 0 aliphatic heterocycles. The van der Waals surface area contributed by atoms with Crippen LogP contribution in [0.4, 0.5) is 5.69 Å². The van der Waals surface area contributed by atoms with E-state index >= 15 is 0 Å². The summed E-state index contributed by atoms with van der Waals surface area (Å²) in [5.41, 5.74) is 7.63. The van der Waals surface area contributed by atoms with Crippen molar-refractivity contribution in [2.45, 2.75) is 13.0 Å². The van der Waals surface area contributed by atoms with E-state index in [0.29, 0.717) is 10.6 Å². The van der Waals surface area contributed by atoms with E-state index in [-0.39, 0.29) is 19.1 Å². The van der Waals surface area contributed by atoms with E-state index in [2.05, 4.69) is 5.32 Å². The molecule has 6 heteroatoms. The maximum Gasteiger partial charge on any atom is 0.263 e. The molecule has 0 bridgehead atoms. The summed E-state index contributed by atoms with van der Waals surface area (Å²) >= 11 is 1.36. The van der Waals surface area contributed by atoms with Gasteiger partial charge in [0.25, 0.3) is 5.91 Å². The fraction of sp³-hybridized carbons (Fsp3) is 0.357. The van der Waals surface area contributed by atoms with Crippen LogP contribution in [0.2, 0.25) is 0 Å². The normalized spacial score (nSPS) is 12.6. The molecule has 2 rings (SSSR count). The number of rotatable bonds is 5. The number of nitrogen functional groups attached to an aromatic ring is 1. The van der Waals surface area contributed by atoms with Crippen LogP contribution in [0.1, 0.15) is 15.2 Å². The van der Waals surface area contributed by atoms with Crippen molar-refractivity contribution in [2.75, 3.05) is 26.0 Å². The molecule has 0 radical (unpaired) electrons. The van der Waals surface area contributed by atoms with Gasteiger partial charge >= 0.3 is 0 Å². The summed E-state index contributed by atoms with van der Waals surface area (Å²) < 4.78 is 5.79. The van der Waals surface area contributed by atoms with Gasteiger partial charge < -0.3 is 20.9 Å². The van der Waals surface area contributed by atoms with Crippen LogP contribution in [0.15, 0.2) is 18.2 Å². The van der Waals surface area contributed by atoms with Gasteiger partial charge in [-0.3, -0.25) is 4.79 Å². The van der Waals surface area contributed by atoms with Crippen molar-refractivity contribution in [3.8, 4) is 0 Å². The van der Waals surface area contributed by atoms with Gasteiger partial charge in [-0.25, -0.2) is 0 Å². The predicted molar refractivity (Wildman–Crippen MR) is 81.2 cm³/mol. The molecule has 1 unspecified atom stereocenters. The summed E-state index contributed by atoms with van der Waals surface area (Å²) in [6, 6.07) is 5.90. The molecule has 0 aliphatic carbocycles. The maximum absolute atomic E-state index is 12.1. The third-order valence-electron chi connectivity index (χ3n) is 2.95. The van der Waals surface area contributed by atoms with E-state index in [1.807, 2.05) is 25.1 Å². The molecular weight excluding hydrogens is 276 g/mol. The molecule has 1 amide bonds. The van der Waals surface area contributed by atoms with Crippen LogP contribution < -0.4 is 11.1 Å². The quantitative estimate of drug-likeness (QED) is 0.781. The number of benzene rings is 1. The van der Waals surface area contributed by atoms with E-state index in [9.17, 15) is 9.90 Å². The molecule has 0 aliphatic rings. The van der Waals surface area contributed by atoms with E-state index < -0.39 is 6.10 Å². The zero-order valence-corrected chi connectivity index (χ0v) is 12.3. The number of amides is 1. The van der Waals surface area contributed by atoms with Crippen molar-refractivity contribution < 1.29 is 14.6 Å². The molecule has 1 heterocycles. The molecule has 1 aromatic heterocycles. The van der Waals surface area contributed by atoms with Crippen molar-refractivity contribution in [3.63, 3.8) is 0 Å². The van der Waals surface area contributed by atoms with Gasteiger partial charge in [0, 0.05) is 23.7 Å². The first-order valence-electron chi connectivity index (χ1n) is 6.26. The Hall–Kier alpha value is -1.63. The lowest BCUT2D eigenvalue weighted by molar-refractivity contribution is 0.0611. The zero-order valence-electron chi connectivity index (χ0n) is 11.5. The summed E-state index contributed by atoms with van der Waals surface area (Å²) in [7, 11) is 1.50. The molecule has 1 atom stereocenters. The van der Waals surface area contributed by atoms with Crippen molar-refractivity contribution in [3.05, 3.63) is 28.6 Å². The summed E-state index contributed by atoms with van der Waals surface area (Å²) in [6.45, 7) is 2.32. The number of aliphatic hydroxyl groups excluding tert-OH is 1. The minimum Gasteiger partial charge on any atom is -0.397 e.